The van der Waals surface area contributed by atoms with Crippen LogP contribution in [0.2, 0.25) is 0 Å². The predicted molar refractivity (Wildman–Crippen MR) is 83.1 cm³/mol. The highest BCUT2D eigenvalue weighted by atomic mass is 16.4. The zero-order valence-corrected chi connectivity index (χ0v) is 13.7. The molecule has 1 aliphatic heterocycles. The Hall–Kier alpha value is -0.610. The molecule has 0 saturated carbocycles. The van der Waals surface area contributed by atoms with Crippen LogP contribution in [0.4, 0.5) is 0 Å². The van der Waals surface area contributed by atoms with Gasteiger partial charge in [0.15, 0.2) is 0 Å². The number of carbonyl (C=O) groups is 1. The van der Waals surface area contributed by atoms with Crippen LogP contribution in [0.3, 0.4) is 0 Å². The second-order valence-corrected chi connectivity index (χ2v) is 6.93. The van der Waals surface area contributed by atoms with Crippen LogP contribution in [-0.2, 0) is 4.79 Å². The van der Waals surface area contributed by atoms with Crippen LogP contribution in [0.1, 0.15) is 59.8 Å². The lowest BCUT2D eigenvalue weighted by atomic mass is 9.98. The highest BCUT2D eigenvalue weighted by molar-refractivity contribution is 5.66. The second-order valence-electron chi connectivity index (χ2n) is 6.93. The Morgan fingerprint density at radius 3 is 2.55 bits per heavy atom. The van der Waals surface area contributed by atoms with E-state index in [1.165, 1.54) is 32.4 Å². The van der Waals surface area contributed by atoms with Crippen LogP contribution in [0.25, 0.3) is 0 Å². The largest absolute Gasteiger partial charge is 0.481 e. The summed E-state index contributed by atoms with van der Waals surface area (Å²) in [6.07, 6.45) is 5.04. The smallest absolute Gasteiger partial charge is 0.304 e. The fraction of sp³-hybridized carbons (Fsp3) is 0.938. The molecule has 1 atom stereocenters. The van der Waals surface area contributed by atoms with Gasteiger partial charge < -0.3 is 10.0 Å². The first kappa shape index (κ1) is 17.4. The van der Waals surface area contributed by atoms with Gasteiger partial charge in [-0.3, -0.25) is 9.69 Å². The van der Waals surface area contributed by atoms with E-state index in [0.29, 0.717) is 12.6 Å². The van der Waals surface area contributed by atoms with Crippen LogP contribution in [-0.4, -0.2) is 58.6 Å². The molecule has 0 aromatic rings. The van der Waals surface area contributed by atoms with Crippen molar-refractivity contribution in [1.82, 2.24) is 9.80 Å². The molecule has 1 unspecified atom stereocenters. The standard InChI is InChI=1S/C16H32N2O2/c1-5-10-17-11-6-7-14(8-12-17)18(16(2,3)4)13-9-15(19)20/h14H,5-13H2,1-4H3,(H,19,20). The minimum absolute atomic E-state index is 0.0417. The summed E-state index contributed by atoms with van der Waals surface area (Å²) in [5.41, 5.74) is 0.0417. The lowest BCUT2D eigenvalue weighted by Crippen LogP contribution is -2.49. The number of carboxylic acid groups (broad SMARTS) is 1. The molecule has 1 heterocycles. The van der Waals surface area contributed by atoms with Gasteiger partial charge in [0.1, 0.15) is 0 Å². The van der Waals surface area contributed by atoms with Gasteiger partial charge in [-0.1, -0.05) is 6.92 Å². The summed E-state index contributed by atoms with van der Waals surface area (Å²) >= 11 is 0. The van der Waals surface area contributed by atoms with Crippen LogP contribution < -0.4 is 0 Å². The molecule has 1 rings (SSSR count). The van der Waals surface area contributed by atoms with Gasteiger partial charge in [0.2, 0.25) is 0 Å². The molecule has 0 aliphatic carbocycles. The van der Waals surface area contributed by atoms with Crippen LogP contribution in [0.15, 0.2) is 0 Å². The molecule has 1 fully saturated rings. The van der Waals surface area contributed by atoms with Gasteiger partial charge in [-0.05, 0) is 66.1 Å². The summed E-state index contributed by atoms with van der Waals surface area (Å²) in [7, 11) is 0. The van der Waals surface area contributed by atoms with Gasteiger partial charge in [-0.2, -0.15) is 0 Å². The Kier molecular flexibility index (Phi) is 6.96. The number of hydrogen-bond acceptors (Lipinski definition) is 3. The van der Waals surface area contributed by atoms with Crippen LogP contribution >= 0.6 is 0 Å². The Bertz CT molecular complexity index is 299. The molecule has 0 spiro atoms. The van der Waals surface area contributed by atoms with E-state index in [1.54, 1.807) is 0 Å². The second kappa shape index (κ2) is 7.99. The van der Waals surface area contributed by atoms with Gasteiger partial charge >= 0.3 is 5.97 Å². The number of rotatable bonds is 6. The minimum atomic E-state index is -0.694. The average molecular weight is 284 g/mol. The number of carboxylic acids is 1. The number of aliphatic carboxylic acids is 1. The van der Waals surface area contributed by atoms with Crippen molar-refractivity contribution < 1.29 is 9.90 Å². The molecule has 118 valence electrons. The first-order chi connectivity index (χ1) is 9.34. The van der Waals surface area contributed by atoms with Crippen molar-refractivity contribution in [3.63, 3.8) is 0 Å². The Morgan fingerprint density at radius 1 is 1.30 bits per heavy atom. The van der Waals surface area contributed by atoms with Crippen molar-refractivity contribution in [3.8, 4) is 0 Å². The summed E-state index contributed by atoms with van der Waals surface area (Å²) < 4.78 is 0. The Balaban J connectivity index is 2.63. The Morgan fingerprint density at radius 2 is 2.00 bits per heavy atom. The summed E-state index contributed by atoms with van der Waals surface area (Å²) in [5.74, 6) is -0.694. The first-order valence-corrected chi connectivity index (χ1v) is 8.05. The monoisotopic (exact) mass is 284 g/mol. The van der Waals surface area contributed by atoms with Crippen molar-refractivity contribution in [3.05, 3.63) is 0 Å². The fourth-order valence-electron chi connectivity index (χ4n) is 3.27. The summed E-state index contributed by atoms with van der Waals surface area (Å²) in [6.45, 7) is 13.0. The summed E-state index contributed by atoms with van der Waals surface area (Å²) in [5, 5.41) is 8.96. The molecular weight excluding hydrogens is 252 g/mol. The van der Waals surface area contributed by atoms with E-state index in [4.69, 9.17) is 5.11 Å². The topological polar surface area (TPSA) is 43.8 Å². The van der Waals surface area contributed by atoms with Crippen molar-refractivity contribution >= 4 is 5.97 Å². The van der Waals surface area contributed by atoms with Gasteiger partial charge in [0, 0.05) is 18.1 Å². The third-order valence-corrected chi connectivity index (χ3v) is 4.20. The zero-order chi connectivity index (χ0) is 15.2. The van der Waals surface area contributed by atoms with E-state index in [0.717, 1.165) is 13.0 Å². The molecule has 1 aliphatic rings. The number of nitrogens with zero attached hydrogens (tertiary/aromatic N) is 2. The molecule has 1 saturated heterocycles. The van der Waals surface area contributed by atoms with Crippen molar-refractivity contribution in [2.45, 2.75) is 71.4 Å². The molecule has 0 bridgehead atoms. The lowest BCUT2D eigenvalue weighted by molar-refractivity contribution is -0.137. The zero-order valence-electron chi connectivity index (χ0n) is 13.7. The van der Waals surface area contributed by atoms with E-state index in [9.17, 15) is 4.79 Å². The predicted octanol–water partition coefficient (Wildman–Crippen LogP) is 2.83. The molecule has 0 radical (unpaired) electrons. The van der Waals surface area contributed by atoms with E-state index in [2.05, 4.69) is 37.5 Å². The van der Waals surface area contributed by atoms with Crippen molar-refractivity contribution in [2.24, 2.45) is 0 Å². The van der Waals surface area contributed by atoms with E-state index in [-0.39, 0.29) is 12.0 Å². The van der Waals surface area contributed by atoms with Crippen molar-refractivity contribution in [1.29, 1.82) is 0 Å². The van der Waals surface area contributed by atoms with Gasteiger partial charge in [-0.25, -0.2) is 0 Å². The third-order valence-electron chi connectivity index (χ3n) is 4.20. The van der Waals surface area contributed by atoms with Gasteiger partial charge in [0.25, 0.3) is 0 Å². The first-order valence-electron chi connectivity index (χ1n) is 8.05. The Labute approximate surface area is 124 Å². The molecule has 0 aromatic heterocycles. The number of hydrogen-bond donors (Lipinski definition) is 1. The highest BCUT2D eigenvalue weighted by Gasteiger charge is 2.30. The maximum absolute atomic E-state index is 10.9. The SMILES string of the molecule is CCCN1CCCC(N(CCC(=O)O)C(C)(C)C)CC1. The van der Waals surface area contributed by atoms with E-state index >= 15 is 0 Å². The third kappa shape index (κ3) is 5.80. The number of likely N-dealkylation sites (tertiary alicyclic amines) is 1. The van der Waals surface area contributed by atoms with Crippen LogP contribution in [0, 0.1) is 0 Å². The van der Waals surface area contributed by atoms with Crippen LogP contribution in [0.5, 0.6) is 0 Å². The van der Waals surface area contributed by atoms with E-state index < -0.39 is 5.97 Å². The van der Waals surface area contributed by atoms with Gasteiger partial charge in [-0.15, -0.1) is 0 Å². The summed E-state index contributed by atoms with van der Waals surface area (Å²) in [6, 6.07) is 0.524. The summed E-state index contributed by atoms with van der Waals surface area (Å²) in [4.78, 5) is 15.9. The lowest BCUT2D eigenvalue weighted by Gasteiger charge is -2.41. The molecule has 1 N–H and O–H groups in total. The molecule has 0 amide bonds. The minimum Gasteiger partial charge on any atom is -0.481 e. The van der Waals surface area contributed by atoms with Crippen molar-refractivity contribution in [2.75, 3.05) is 26.2 Å². The molecular formula is C16H32N2O2. The van der Waals surface area contributed by atoms with Gasteiger partial charge in [0.05, 0.1) is 6.42 Å². The van der Waals surface area contributed by atoms with E-state index in [1.807, 2.05) is 0 Å². The average Bonchev–Trinajstić information content (AvgIpc) is 2.54. The fourth-order valence-corrected chi connectivity index (χ4v) is 3.27. The maximum Gasteiger partial charge on any atom is 0.304 e. The molecule has 0 aromatic carbocycles. The molecule has 4 heteroatoms. The highest BCUT2D eigenvalue weighted by Crippen LogP contribution is 2.25. The quantitative estimate of drug-likeness (QED) is 0.814. The molecule has 4 nitrogen and oxygen atoms in total. The molecule has 20 heavy (non-hydrogen) atoms. The normalized spacial score (nSPS) is 21.9. The maximum atomic E-state index is 10.9.